The summed E-state index contributed by atoms with van der Waals surface area (Å²) in [5.74, 6) is -0.293. The quantitative estimate of drug-likeness (QED) is 0.359. The van der Waals surface area contributed by atoms with Gasteiger partial charge in [0.15, 0.2) is 0 Å². The predicted molar refractivity (Wildman–Crippen MR) is 106 cm³/mol. The van der Waals surface area contributed by atoms with Crippen LogP contribution < -0.4 is 21.7 Å². The van der Waals surface area contributed by atoms with Gasteiger partial charge in [0.2, 0.25) is 5.91 Å². The van der Waals surface area contributed by atoms with Crippen LogP contribution in [0.25, 0.3) is 6.08 Å². The zero-order valence-electron chi connectivity index (χ0n) is 14.4. The molecule has 2 rings (SSSR count). The van der Waals surface area contributed by atoms with Gasteiger partial charge in [-0.15, -0.1) is 0 Å². The van der Waals surface area contributed by atoms with E-state index in [1.165, 1.54) is 6.08 Å². The van der Waals surface area contributed by atoms with Crippen molar-refractivity contribution in [3.05, 3.63) is 54.1 Å². The lowest BCUT2D eigenvalue weighted by Gasteiger charge is -2.25. The van der Waals surface area contributed by atoms with Crippen molar-refractivity contribution in [2.45, 2.75) is 0 Å². The number of anilines is 4. The van der Waals surface area contributed by atoms with Crippen molar-refractivity contribution in [1.29, 1.82) is 0 Å². The van der Waals surface area contributed by atoms with Crippen LogP contribution in [0.3, 0.4) is 0 Å². The van der Waals surface area contributed by atoms with Gasteiger partial charge < -0.3 is 31.9 Å². The van der Waals surface area contributed by atoms with Crippen LogP contribution in [-0.4, -0.2) is 42.4 Å². The summed E-state index contributed by atoms with van der Waals surface area (Å²) in [5.41, 5.74) is 14.8. The van der Waals surface area contributed by atoms with Crippen molar-refractivity contribution in [3.8, 4) is 0 Å². The summed E-state index contributed by atoms with van der Waals surface area (Å²) in [6.07, 6.45) is 3.06. The molecule has 0 radical (unpaired) electrons. The minimum atomic E-state index is -0.293. The van der Waals surface area contributed by atoms with Crippen molar-refractivity contribution in [2.24, 2.45) is 0 Å². The number of nitrogens with two attached hydrogens (primary N) is 2. The van der Waals surface area contributed by atoms with Crippen LogP contribution in [0.1, 0.15) is 5.56 Å². The zero-order valence-corrected chi connectivity index (χ0v) is 14.4. The molecule has 7 nitrogen and oxygen atoms in total. The number of hydrogen-bond acceptors (Lipinski definition) is 6. The Bertz CT molecular complexity index is 754. The number of aliphatic hydroxyl groups is 2. The topological polar surface area (TPSA) is 125 Å². The summed E-state index contributed by atoms with van der Waals surface area (Å²) < 4.78 is 0. The highest BCUT2D eigenvalue weighted by atomic mass is 16.3. The molecule has 2 aromatic rings. The Morgan fingerprint density at radius 1 is 1.00 bits per heavy atom. The molecule has 0 fully saturated rings. The van der Waals surface area contributed by atoms with Crippen molar-refractivity contribution < 1.29 is 15.0 Å². The van der Waals surface area contributed by atoms with Crippen molar-refractivity contribution >= 4 is 34.7 Å². The molecule has 7 heteroatoms. The van der Waals surface area contributed by atoms with Gasteiger partial charge in [0.1, 0.15) is 0 Å². The molecule has 0 saturated carbocycles. The molecule has 2 aromatic carbocycles. The Balaban J connectivity index is 2.18. The van der Waals surface area contributed by atoms with E-state index >= 15 is 0 Å². The Kier molecular flexibility index (Phi) is 7.02. The fraction of sp³-hybridized carbons (Fsp3) is 0.211. The molecular formula is C19H24N4O3. The summed E-state index contributed by atoms with van der Waals surface area (Å²) >= 11 is 0. The minimum Gasteiger partial charge on any atom is -0.399 e. The van der Waals surface area contributed by atoms with Crippen LogP contribution in [0.2, 0.25) is 0 Å². The van der Waals surface area contributed by atoms with Crippen LogP contribution in [0.4, 0.5) is 22.7 Å². The number of aliphatic hydroxyl groups excluding tert-OH is 2. The van der Waals surface area contributed by atoms with E-state index in [0.717, 1.165) is 11.3 Å². The maximum Gasteiger partial charge on any atom is 0.248 e. The number of nitrogens with one attached hydrogen (secondary N) is 1. The first-order valence-corrected chi connectivity index (χ1v) is 8.24. The maximum absolute atomic E-state index is 12.1. The summed E-state index contributed by atoms with van der Waals surface area (Å²) in [6, 6.07) is 12.1. The van der Waals surface area contributed by atoms with Crippen LogP contribution >= 0.6 is 0 Å². The Morgan fingerprint density at radius 2 is 1.62 bits per heavy atom. The third-order valence-corrected chi connectivity index (χ3v) is 3.72. The standard InChI is InChI=1S/C19H24N4O3/c20-15-2-5-17(6-3-15)22-19(26)8-1-14-13-16(21)4-7-18(14)23(9-11-24)10-12-25/h1-8,13,24-25H,9-12,20-21H2,(H,22,26). The van der Waals surface area contributed by atoms with E-state index in [4.69, 9.17) is 11.5 Å². The number of amides is 1. The van der Waals surface area contributed by atoms with Crippen LogP contribution in [0.5, 0.6) is 0 Å². The number of hydrogen-bond donors (Lipinski definition) is 5. The van der Waals surface area contributed by atoms with E-state index in [1.54, 1.807) is 48.5 Å². The van der Waals surface area contributed by atoms with Gasteiger partial charge in [-0.05, 0) is 48.5 Å². The molecule has 138 valence electrons. The number of carbonyl (C=O) groups is 1. The third-order valence-electron chi connectivity index (χ3n) is 3.72. The van der Waals surface area contributed by atoms with Crippen molar-refractivity contribution in [2.75, 3.05) is 48.0 Å². The van der Waals surface area contributed by atoms with E-state index in [9.17, 15) is 15.0 Å². The summed E-state index contributed by atoms with van der Waals surface area (Å²) in [4.78, 5) is 14.0. The average Bonchev–Trinajstić information content (AvgIpc) is 2.62. The molecule has 0 heterocycles. The summed E-state index contributed by atoms with van der Waals surface area (Å²) in [7, 11) is 0. The van der Waals surface area contributed by atoms with Crippen LogP contribution in [-0.2, 0) is 4.79 Å². The van der Waals surface area contributed by atoms with Crippen LogP contribution in [0, 0.1) is 0 Å². The molecule has 0 aliphatic rings. The lowest BCUT2D eigenvalue weighted by Crippen LogP contribution is -2.30. The lowest BCUT2D eigenvalue weighted by atomic mass is 10.1. The first-order valence-electron chi connectivity index (χ1n) is 8.24. The molecule has 0 bridgehead atoms. The molecule has 0 aliphatic carbocycles. The fourth-order valence-corrected chi connectivity index (χ4v) is 2.50. The lowest BCUT2D eigenvalue weighted by molar-refractivity contribution is -0.111. The van der Waals surface area contributed by atoms with Gasteiger partial charge in [-0.3, -0.25) is 4.79 Å². The molecule has 0 aliphatic heterocycles. The minimum absolute atomic E-state index is 0.0504. The second kappa shape index (κ2) is 9.45. The first kappa shape index (κ1) is 19.3. The van der Waals surface area contributed by atoms with Gasteiger partial charge in [0, 0.05) is 47.5 Å². The van der Waals surface area contributed by atoms with Gasteiger partial charge >= 0.3 is 0 Å². The monoisotopic (exact) mass is 356 g/mol. The second-order valence-electron chi connectivity index (χ2n) is 5.70. The Labute approximate surface area is 152 Å². The summed E-state index contributed by atoms with van der Waals surface area (Å²) in [5, 5.41) is 21.2. The highest BCUT2D eigenvalue weighted by Gasteiger charge is 2.10. The van der Waals surface area contributed by atoms with E-state index < -0.39 is 0 Å². The highest BCUT2D eigenvalue weighted by molar-refractivity contribution is 6.02. The molecule has 0 atom stereocenters. The van der Waals surface area contributed by atoms with E-state index in [2.05, 4.69) is 5.32 Å². The average molecular weight is 356 g/mol. The molecule has 0 spiro atoms. The fourth-order valence-electron chi connectivity index (χ4n) is 2.50. The molecule has 0 aromatic heterocycles. The van der Waals surface area contributed by atoms with E-state index in [-0.39, 0.29) is 19.1 Å². The molecule has 1 amide bonds. The SMILES string of the molecule is Nc1ccc(NC(=O)C=Cc2cc(N)ccc2N(CCO)CCO)cc1. The van der Waals surface area contributed by atoms with Gasteiger partial charge in [-0.25, -0.2) is 0 Å². The maximum atomic E-state index is 12.1. The highest BCUT2D eigenvalue weighted by Crippen LogP contribution is 2.24. The number of nitrogen functional groups attached to an aromatic ring is 2. The smallest absolute Gasteiger partial charge is 0.248 e. The van der Waals surface area contributed by atoms with Crippen LogP contribution in [0.15, 0.2) is 48.5 Å². The van der Waals surface area contributed by atoms with E-state index in [0.29, 0.717) is 30.2 Å². The summed E-state index contributed by atoms with van der Waals surface area (Å²) in [6.45, 7) is 0.627. The largest absolute Gasteiger partial charge is 0.399 e. The number of carbonyl (C=O) groups excluding carboxylic acids is 1. The number of rotatable bonds is 8. The Morgan fingerprint density at radius 3 is 2.23 bits per heavy atom. The second-order valence-corrected chi connectivity index (χ2v) is 5.70. The van der Waals surface area contributed by atoms with Crippen molar-refractivity contribution in [3.63, 3.8) is 0 Å². The zero-order chi connectivity index (χ0) is 18.9. The molecule has 26 heavy (non-hydrogen) atoms. The molecule has 0 saturated heterocycles. The van der Waals surface area contributed by atoms with Gasteiger partial charge in [-0.1, -0.05) is 0 Å². The van der Waals surface area contributed by atoms with Gasteiger partial charge in [0.05, 0.1) is 13.2 Å². The molecule has 7 N–H and O–H groups in total. The van der Waals surface area contributed by atoms with E-state index in [1.807, 2.05) is 4.90 Å². The van der Waals surface area contributed by atoms with Gasteiger partial charge in [0.25, 0.3) is 0 Å². The van der Waals surface area contributed by atoms with Crippen molar-refractivity contribution in [1.82, 2.24) is 0 Å². The van der Waals surface area contributed by atoms with Gasteiger partial charge in [-0.2, -0.15) is 0 Å². The normalized spacial score (nSPS) is 10.8. The predicted octanol–water partition coefficient (Wildman–Crippen LogP) is 1.29. The third kappa shape index (κ3) is 5.51. The first-order chi connectivity index (χ1) is 12.5. The molecule has 0 unspecified atom stereocenters. The number of nitrogens with zero attached hydrogens (tertiary/aromatic N) is 1. The number of benzene rings is 2. The Hall–Kier alpha value is -3.03. The molecular weight excluding hydrogens is 332 g/mol.